The van der Waals surface area contributed by atoms with E-state index in [9.17, 15) is 23.6 Å². The summed E-state index contributed by atoms with van der Waals surface area (Å²) in [4.78, 5) is 51.1. The van der Waals surface area contributed by atoms with Crippen LogP contribution in [-0.4, -0.2) is 53.7 Å². The van der Waals surface area contributed by atoms with Gasteiger partial charge in [-0.2, -0.15) is 0 Å². The lowest BCUT2D eigenvalue weighted by molar-refractivity contribution is -0.136. The van der Waals surface area contributed by atoms with E-state index in [0.29, 0.717) is 16.8 Å². The molecule has 1 saturated heterocycles. The van der Waals surface area contributed by atoms with Gasteiger partial charge < -0.3 is 19.9 Å². The summed E-state index contributed by atoms with van der Waals surface area (Å²) in [6, 6.07) is 7.03. The van der Waals surface area contributed by atoms with Gasteiger partial charge in [-0.3, -0.25) is 19.7 Å². The van der Waals surface area contributed by atoms with Crippen molar-refractivity contribution in [2.45, 2.75) is 31.9 Å². The molecule has 2 N–H and O–H groups in total. The minimum absolute atomic E-state index is 0.00851. The van der Waals surface area contributed by atoms with E-state index in [1.54, 1.807) is 18.2 Å². The van der Waals surface area contributed by atoms with Gasteiger partial charge in [0.25, 0.3) is 5.91 Å². The van der Waals surface area contributed by atoms with Crippen LogP contribution >= 0.6 is 0 Å². The van der Waals surface area contributed by atoms with E-state index in [2.05, 4.69) is 10.6 Å². The molecule has 2 aliphatic rings. The average molecular weight is 455 g/mol. The number of nitrogens with zero attached hydrogens (tertiary/aromatic N) is 2. The SMILES string of the molecule is [2H][C@]1(N2Cc3c(NCc4cc(OC(=O)N(C)C)ccc4F)cccc3C2=O)CCC(=O)NC1=O. The molecule has 0 saturated carbocycles. The first kappa shape index (κ1) is 20.9. The van der Waals surface area contributed by atoms with Gasteiger partial charge in [-0.25, -0.2) is 9.18 Å². The molecule has 1 fully saturated rings. The standard InChI is InChI=1S/C23H23FN4O5/c1-27(2)23(32)33-14-6-7-17(24)13(10-14)11-25-18-5-3-4-15-16(18)12-28(22(15)31)19-8-9-20(29)26-21(19)30/h3-7,10,19,25H,8-9,11-12H2,1-2H3,(H,26,29,30)/t19-/m0/s1/i19D. The molecule has 0 radical (unpaired) electrons. The third-order valence-electron chi connectivity index (χ3n) is 5.45. The zero-order chi connectivity index (χ0) is 24.6. The van der Waals surface area contributed by atoms with E-state index >= 15 is 0 Å². The summed E-state index contributed by atoms with van der Waals surface area (Å²) in [5.41, 5.74) is 1.68. The van der Waals surface area contributed by atoms with Gasteiger partial charge in [0.1, 0.15) is 17.6 Å². The van der Waals surface area contributed by atoms with Crippen LogP contribution in [0.3, 0.4) is 0 Å². The molecule has 0 spiro atoms. The van der Waals surface area contributed by atoms with Crippen molar-refractivity contribution in [3.63, 3.8) is 0 Å². The van der Waals surface area contributed by atoms with Crippen LogP contribution in [0, 0.1) is 5.82 Å². The quantitative estimate of drug-likeness (QED) is 0.670. The highest BCUT2D eigenvalue weighted by molar-refractivity contribution is 6.06. The molecule has 10 heteroatoms. The van der Waals surface area contributed by atoms with E-state index in [0.717, 1.165) is 4.90 Å². The van der Waals surface area contributed by atoms with Gasteiger partial charge >= 0.3 is 6.09 Å². The van der Waals surface area contributed by atoms with Gasteiger partial charge in [0.15, 0.2) is 0 Å². The van der Waals surface area contributed by atoms with E-state index in [1.807, 2.05) is 0 Å². The van der Waals surface area contributed by atoms with Gasteiger partial charge in [0.2, 0.25) is 11.8 Å². The lowest BCUT2D eigenvalue weighted by Crippen LogP contribution is -2.52. The topological polar surface area (TPSA) is 108 Å². The Labute approximate surface area is 190 Å². The molecule has 33 heavy (non-hydrogen) atoms. The van der Waals surface area contributed by atoms with E-state index in [-0.39, 0.29) is 37.2 Å². The van der Waals surface area contributed by atoms with Gasteiger partial charge in [-0.15, -0.1) is 0 Å². The minimum atomic E-state index is -1.89. The number of fused-ring (bicyclic) bond motifs is 1. The lowest BCUT2D eigenvalue weighted by Gasteiger charge is -2.29. The normalized spacial score (nSPS) is 20.2. The van der Waals surface area contributed by atoms with Crippen LogP contribution in [0.2, 0.25) is 0 Å². The number of benzene rings is 2. The first-order valence-electron chi connectivity index (χ1n) is 10.8. The molecule has 0 unspecified atom stereocenters. The monoisotopic (exact) mass is 455 g/mol. The summed E-state index contributed by atoms with van der Waals surface area (Å²) in [6.07, 6.45) is -0.721. The maximum atomic E-state index is 14.4. The molecule has 4 amide bonds. The Morgan fingerprint density at radius 1 is 1.30 bits per heavy atom. The van der Waals surface area contributed by atoms with Crippen molar-refractivity contribution in [3.05, 3.63) is 58.9 Å². The summed E-state index contributed by atoms with van der Waals surface area (Å²) in [5, 5.41) is 5.23. The summed E-state index contributed by atoms with van der Waals surface area (Å²) >= 11 is 0. The zero-order valence-electron chi connectivity index (χ0n) is 19.1. The van der Waals surface area contributed by atoms with Crippen LogP contribution in [0.4, 0.5) is 14.9 Å². The van der Waals surface area contributed by atoms with Crippen LogP contribution in [-0.2, 0) is 22.7 Å². The van der Waals surface area contributed by atoms with Crippen molar-refractivity contribution in [3.8, 4) is 5.75 Å². The molecule has 4 rings (SSSR count). The van der Waals surface area contributed by atoms with Gasteiger partial charge in [-0.1, -0.05) is 6.07 Å². The Morgan fingerprint density at radius 3 is 2.82 bits per heavy atom. The Hall–Kier alpha value is -3.95. The number of nitrogens with one attached hydrogen (secondary N) is 2. The molecular formula is C23H23FN4O5. The molecule has 2 aromatic rings. The molecule has 2 heterocycles. The highest BCUT2D eigenvalue weighted by atomic mass is 19.1. The number of hydrogen-bond donors (Lipinski definition) is 2. The summed E-state index contributed by atoms with van der Waals surface area (Å²) in [7, 11) is 3.06. The number of carbonyl (C=O) groups is 4. The summed E-state index contributed by atoms with van der Waals surface area (Å²) < 4.78 is 28.2. The first-order valence-corrected chi connectivity index (χ1v) is 10.3. The Bertz CT molecular complexity index is 1200. The second-order valence-electron chi connectivity index (χ2n) is 7.92. The fourth-order valence-electron chi connectivity index (χ4n) is 3.71. The molecule has 2 aromatic carbocycles. The first-order chi connectivity index (χ1) is 16.1. The molecule has 9 nitrogen and oxygen atoms in total. The van der Waals surface area contributed by atoms with Crippen LogP contribution in [0.25, 0.3) is 0 Å². The maximum absolute atomic E-state index is 14.4. The van der Waals surface area contributed by atoms with Gasteiger partial charge in [0, 0.05) is 56.0 Å². The van der Waals surface area contributed by atoms with Gasteiger partial charge in [0.05, 0.1) is 1.37 Å². The Balaban J connectivity index is 1.53. The minimum Gasteiger partial charge on any atom is -0.410 e. The van der Waals surface area contributed by atoms with Crippen molar-refractivity contribution in [1.82, 2.24) is 15.1 Å². The number of ether oxygens (including phenoxy) is 1. The number of anilines is 1. The van der Waals surface area contributed by atoms with Crippen molar-refractivity contribution in [1.29, 1.82) is 0 Å². The molecule has 0 aromatic heterocycles. The molecule has 2 aliphatic heterocycles. The predicted octanol–water partition coefficient (Wildman–Crippen LogP) is 2.26. The zero-order valence-corrected chi connectivity index (χ0v) is 18.1. The summed E-state index contributed by atoms with van der Waals surface area (Å²) in [6.45, 7) is 0.0241. The number of hydrogen-bond acceptors (Lipinski definition) is 6. The number of imide groups is 1. The molecule has 0 aliphatic carbocycles. The number of piperidine rings is 1. The Morgan fingerprint density at radius 2 is 2.09 bits per heavy atom. The highest BCUT2D eigenvalue weighted by Gasteiger charge is 2.39. The van der Waals surface area contributed by atoms with Gasteiger partial charge in [-0.05, 0) is 36.8 Å². The lowest BCUT2D eigenvalue weighted by atomic mass is 10.0. The number of carbonyl (C=O) groups excluding carboxylic acids is 4. The van der Waals surface area contributed by atoms with Crippen molar-refractivity contribution >= 4 is 29.5 Å². The average Bonchev–Trinajstić information content (AvgIpc) is 3.14. The molecule has 1 atom stereocenters. The van der Waals surface area contributed by atoms with Crippen LogP contribution in [0.5, 0.6) is 5.75 Å². The molecule has 0 bridgehead atoms. The fourth-order valence-corrected chi connectivity index (χ4v) is 3.71. The van der Waals surface area contributed by atoms with Crippen LogP contribution in [0.15, 0.2) is 36.4 Å². The van der Waals surface area contributed by atoms with Crippen LogP contribution in [0.1, 0.15) is 35.7 Å². The number of amides is 4. The number of rotatable bonds is 5. The van der Waals surface area contributed by atoms with Crippen LogP contribution < -0.4 is 15.4 Å². The molecular weight excluding hydrogens is 431 g/mol. The molecule has 172 valence electrons. The highest BCUT2D eigenvalue weighted by Crippen LogP contribution is 2.32. The second kappa shape index (κ2) is 8.89. The summed E-state index contributed by atoms with van der Waals surface area (Å²) in [5.74, 6) is -2.10. The largest absolute Gasteiger partial charge is 0.414 e. The van der Waals surface area contributed by atoms with Crippen molar-refractivity contribution in [2.24, 2.45) is 0 Å². The van der Waals surface area contributed by atoms with E-state index in [4.69, 9.17) is 6.11 Å². The smallest absolute Gasteiger partial charge is 0.410 e. The third kappa shape index (κ3) is 4.50. The number of halogens is 1. The van der Waals surface area contributed by atoms with E-state index in [1.165, 1.54) is 37.2 Å². The predicted molar refractivity (Wildman–Crippen MR) is 116 cm³/mol. The maximum Gasteiger partial charge on any atom is 0.414 e. The van der Waals surface area contributed by atoms with E-state index < -0.39 is 35.6 Å². The second-order valence-corrected chi connectivity index (χ2v) is 7.92. The Kier molecular flexibility index (Phi) is 5.64. The fraction of sp³-hybridized carbons (Fsp3) is 0.304. The third-order valence-corrected chi connectivity index (χ3v) is 5.45. The van der Waals surface area contributed by atoms with Crippen molar-refractivity contribution < 1.29 is 29.7 Å². The van der Waals surface area contributed by atoms with Crippen molar-refractivity contribution in [2.75, 3.05) is 19.4 Å².